The van der Waals surface area contributed by atoms with Gasteiger partial charge in [-0.05, 0) is 45.7 Å². The molecule has 1 amide bonds. The molecule has 1 fully saturated rings. The van der Waals surface area contributed by atoms with Gasteiger partial charge in [0.2, 0.25) is 0 Å². The molecule has 1 aromatic carbocycles. The first-order chi connectivity index (χ1) is 12.2. The van der Waals surface area contributed by atoms with Gasteiger partial charge in [-0.2, -0.15) is 0 Å². The van der Waals surface area contributed by atoms with Crippen molar-refractivity contribution in [1.29, 1.82) is 0 Å². The lowest BCUT2D eigenvalue weighted by Crippen LogP contribution is -2.46. The highest BCUT2D eigenvalue weighted by Crippen LogP contribution is 2.25. The third-order valence-corrected chi connectivity index (χ3v) is 4.69. The van der Waals surface area contributed by atoms with Crippen LogP contribution in [0.3, 0.4) is 0 Å². The van der Waals surface area contributed by atoms with Crippen molar-refractivity contribution in [3.8, 4) is 0 Å². The van der Waals surface area contributed by atoms with Crippen molar-refractivity contribution >= 4 is 17.1 Å². The standard InChI is InChI=1S/C19H25N3O4/c1-19(2,3)26-18(25)21-11-9-13(10-12-21)22-15-8-6-5-7-14(15)20(4)16(23)17(22)24/h5-8,13H,9-12H2,1-4H3. The maximum atomic E-state index is 12.6. The van der Waals surface area contributed by atoms with Crippen LogP contribution in [0.4, 0.5) is 4.79 Å². The van der Waals surface area contributed by atoms with Crippen LogP contribution < -0.4 is 11.1 Å². The number of para-hydroxylation sites is 2. The maximum absolute atomic E-state index is 12.6. The van der Waals surface area contributed by atoms with E-state index < -0.39 is 16.7 Å². The van der Waals surface area contributed by atoms with E-state index >= 15 is 0 Å². The fraction of sp³-hybridized carbons (Fsp3) is 0.526. The zero-order valence-corrected chi connectivity index (χ0v) is 15.7. The van der Waals surface area contributed by atoms with Gasteiger partial charge in [0.05, 0.1) is 11.0 Å². The van der Waals surface area contributed by atoms with Crippen molar-refractivity contribution in [3.63, 3.8) is 0 Å². The number of hydrogen-bond acceptors (Lipinski definition) is 4. The van der Waals surface area contributed by atoms with Crippen LogP contribution in [0, 0.1) is 0 Å². The number of carbonyl (C=O) groups is 1. The van der Waals surface area contributed by atoms with Crippen molar-refractivity contribution in [1.82, 2.24) is 14.0 Å². The molecule has 2 aromatic rings. The van der Waals surface area contributed by atoms with Gasteiger partial charge in [-0.15, -0.1) is 0 Å². The SMILES string of the molecule is Cn1c(=O)c(=O)n(C2CCN(C(=O)OC(C)(C)C)CC2)c2ccccc21. The number of aromatic nitrogens is 2. The molecular weight excluding hydrogens is 334 g/mol. The minimum atomic E-state index is -0.535. The number of rotatable bonds is 1. The number of aryl methyl sites for hydroxylation is 1. The van der Waals surface area contributed by atoms with Gasteiger partial charge in [0.25, 0.3) is 0 Å². The summed E-state index contributed by atoms with van der Waals surface area (Å²) in [6.07, 6.45) is 0.879. The summed E-state index contributed by atoms with van der Waals surface area (Å²) >= 11 is 0. The van der Waals surface area contributed by atoms with Crippen LogP contribution in [0.1, 0.15) is 39.7 Å². The van der Waals surface area contributed by atoms with E-state index in [2.05, 4.69) is 0 Å². The van der Waals surface area contributed by atoms with E-state index in [1.165, 1.54) is 4.57 Å². The highest BCUT2D eigenvalue weighted by Gasteiger charge is 2.29. The summed E-state index contributed by atoms with van der Waals surface area (Å²) in [5.41, 5.74) is -0.102. The zero-order valence-electron chi connectivity index (χ0n) is 15.7. The van der Waals surface area contributed by atoms with E-state index in [9.17, 15) is 14.4 Å². The second-order valence-electron chi connectivity index (χ2n) is 7.73. The van der Waals surface area contributed by atoms with E-state index in [-0.39, 0.29) is 12.1 Å². The molecule has 2 heterocycles. The molecule has 1 aliphatic rings. The van der Waals surface area contributed by atoms with E-state index in [0.717, 1.165) is 11.0 Å². The number of piperidine rings is 1. The van der Waals surface area contributed by atoms with Gasteiger partial charge in [-0.25, -0.2) is 4.79 Å². The third-order valence-electron chi connectivity index (χ3n) is 4.69. The topological polar surface area (TPSA) is 73.5 Å². The quantitative estimate of drug-likeness (QED) is 0.732. The zero-order chi connectivity index (χ0) is 19.1. The normalized spacial score (nSPS) is 16.1. The molecule has 7 nitrogen and oxygen atoms in total. The van der Waals surface area contributed by atoms with Crippen LogP contribution in [-0.2, 0) is 11.8 Å². The van der Waals surface area contributed by atoms with E-state index in [1.54, 1.807) is 16.5 Å². The summed E-state index contributed by atoms with van der Waals surface area (Å²) in [5, 5.41) is 0. The fourth-order valence-electron chi connectivity index (χ4n) is 3.41. The second-order valence-corrected chi connectivity index (χ2v) is 7.73. The van der Waals surface area contributed by atoms with Crippen molar-refractivity contribution < 1.29 is 9.53 Å². The van der Waals surface area contributed by atoms with Gasteiger partial charge >= 0.3 is 17.2 Å². The molecule has 1 aliphatic heterocycles. The Balaban J connectivity index is 1.88. The fourth-order valence-corrected chi connectivity index (χ4v) is 3.41. The van der Waals surface area contributed by atoms with Crippen molar-refractivity contribution in [2.45, 2.75) is 45.3 Å². The number of likely N-dealkylation sites (tertiary alicyclic amines) is 1. The lowest BCUT2D eigenvalue weighted by molar-refractivity contribution is 0.0188. The molecule has 140 valence electrons. The van der Waals surface area contributed by atoms with Crippen LogP contribution in [0.25, 0.3) is 11.0 Å². The third kappa shape index (κ3) is 3.38. The summed E-state index contributed by atoms with van der Waals surface area (Å²) < 4.78 is 8.41. The Morgan fingerprint density at radius 2 is 1.62 bits per heavy atom. The number of hydrogen-bond donors (Lipinski definition) is 0. The minimum absolute atomic E-state index is 0.111. The molecular formula is C19H25N3O4. The molecule has 0 N–H and O–H groups in total. The highest BCUT2D eigenvalue weighted by molar-refractivity contribution is 5.75. The van der Waals surface area contributed by atoms with Crippen LogP contribution in [0.5, 0.6) is 0 Å². The number of ether oxygens (including phenoxy) is 1. The van der Waals surface area contributed by atoms with E-state index in [1.807, 2.05) is 45.0 Å². The molecule has 0 bridgehead atoms. The molecule has 0 aliphatic carbocycles. The van der Waals surface area contributed by atoms with Crippen molar-refractivity contribution in [2.24, 2.45) is 7.05 Å². The Hall–Kier alpha value is -2.57. The first-order valence-corrected chi connectivity index (χ1v) is 8.87. The molecule has 26 heavy (non-hydrogen) atoms. The molecule has 0 atom stereocenters. The molecule has 3 rings (SSSR count). The summed E-state index contributed by atoms with van der Waals surface area (Å²) in [4.78, 5) is 38.8. The first-order valence-electron chi connectivity index (χ1n) is 8.87. The Kier molecular flexibility index (Phi) is 4.64. The van der Waals surface area contributed by atoms with E-state index in [4.69, 9.17) is 4.74 Å². The largest absolute Gasteiger partial charge is 0.444 e. The van der Waals surface area contributed by atoms with Crippen LogP contribution in [0.2, 0.25) is 0 Å². The average molecular weight is 359 g/mol. The van der Waals surface area contributed by atoms with Crippen LogP contribution in [0.15, 0.2) is 33.9 Å². The lowest BCUT2D eigenvalue weighted by Gasteiger charge is -2.34. The van der Waals surface area contributed by atoms with Gasteiger partial charge in [0, 0.05) is 26.2 Å². The van der Waals surface area contributed by atoms with Gasteiger partial charge in [0.1, 0.15) is 5.60 Å². The van der Waals surface area contributed by atoms with Crippen LogP contribution in [-0.4, -0.2) is 38.8 Å². The number of amides is 1. The predicted molar refractivity (Wildman–Crippen MR) is 99.5 cm³/mol. The van der Waals surface area contributed by atoms with Crippen molar-refractivity contribution in [3.05, 3.63) is 45.0 Å². The van der Waals surface area contributed by atoms with Gasteiger partial charge in [-0.3, -0.25) is 14.2 Å². The van der Waals surface area contributed by atoms with Gasteiger partial charge < -0.3 is 14.2 Å². The Morgan fingerprint density at radius 3 is 2.19 bits per heavy atom. The van der Waals surface area contributed by atoms with Gasteiger partial charge in [0.15, 0.2) is 0 Å². The molecule has 0 unspecified atom stereocenters. The Bertz CT molecular complexity index is 944. The first kappa shape index (κ1) is 18.2. The predicted octanol–water partition coefficient (Wildman–Crippen LogP) is 2.27. The second kappa shape index (κ2) is 6.63. The molecule has 1 saturated heterocycles. The summed E-state index contributed by atoms with van der Waals surface area (Å²) in [6.45, 7) is 6.50. The summed E-state index contributed by atoms with van der Waals surface area (Å²) in [7, 11) is 1.61. The maximum Gasteiger partial charge on any atom is 0.410 e. The van der Waals surface area contributed by atoms with E-state index in [0.29, 0.717) is 25.9 Å². The average Bonchev–Trinajstić information content (AvgIpc) is 2.59. The number of nitrogens with zero attached hydrogens (tertiary/aromatic N) is 3. The number of fused-ring (bicyclic) bond motifs is 1. The Morgan fingerprint density at radius 1 is 1.04 bits per heavy atom. The molecule has 7 heteroatoms. The monoisotopic (exact) mass is 359 g/mol. The highest BCUT2D eigenvalue weighted by atomic mass is 16.6. The molecule has 0 spiro atoms. The molecule has 0 radical (unpaired) electrons. The summed E-state index contributed by atoms with van der Waals surface area (Å²) in [6, 6.07) is 7.29. The number of benzene rings is 1. The van der Waals surface area contributed by atoms with Gasteiger partial charge in [-0.1, -0.05) is 12.1 Å². The smallest absolute Gasteiger partial charge is 0.410 e. The molecule has 0 saturated carbocycles. The lowest BCUT2D eigenvalue weighted by atomic mass is 10.0. The Labute approximate surface area is 151 Å². The summed E-state index contributed by atoms with van der Waals surface area (Å²) in [5.74, 6) is 0. The van der Waals surface area contributed by atoms with Crippen LogP contribution >= 0.6 is 0 Å². The molecule has 1 aromatic heterocycles. The number of carbonyl (C=O) groups excluding carboxylic acids is 1. The van der Waals surface area contributed by atoms with Crippen molar-refractivity contribution in [2.75, 3.05) is 13.1 Å². The minimum Gasteiger partial charge on any atom is -0.444 e.